The number of carboxylic acids is 1. The van der Waals surface area contributed by atoms with Crippen molar-refractivity contribution in [3.63, 3.8) is 0 Å². The number of hydrogen-bond donors (Lipinski definition) is 3. The number of aromatic carboxylic acids is 1. The Hall–Kier alpha value is -2.02. The van der Waals surface area contributed by atoms with Gasteiger partial charge in [0.05, 0.1) is 12.2 Å². The van der Waals surface area contributed by atoms with Gasteiger partial charge in [-0.15, -0.1) is 0 Å². The minimum absolute atomic E-state index is 0.0364. The van der Waals surface area contributed by atoms with Gasteiger partial charge in [-0.2, -0.15) is 0 Å². The number of carbonyl (C=O) groups is 2. The summed E-state index contributed by atoms with van der Waals surface area (Å²) in [5.41, 5.74) is 0.393. The van der Waals surface area contributed by atoms with Crippen LogP contribution in [0.1, 0.15) is 29.9 Å². The highest BCUT2D eigenvalue weighted by Crippen LogP contribution is 2.02. The molecule has 0 spiro atoms. The third-order valence-electron chi connectivity index (χ3n) is 2.05. The first-order valence-electron chi connectivity index (χ1n) is 5.53. The van der Waals surface area contributed by atoms with Gasteiger partial charge >= 0.3 is 5.97 Å². The summed E-state index contributed by atoms with van der Waals surface area (Å²) in [6, 6.07) is 0.0768. The lowest BCUT2D eigenvalue weighted by Crippen LogP contribution is -2.37. The summed E-state index contributed by atoms with van der Waals surface area (Å²) in [4.78, 5) is 29.7. The molecule has 0 saturated heterocycles. The van der Waals surface area contributed by atoms with E-state index in [2.05, 4.69) is 20.6 Å². The van der Waals surface area contributed by atoms with Crippen LogP contribution in [0.5, 0.6) is 0 Å². The Morgan fingerprint density at radius 2 is 2.17 bits per heavy atom. The van der Waals surface area contributed by atoms with Gasteiger partial charge in [-0.05, 0) is 13.8 Å². The van der Waals surface area contributed by atoms with Crippen LogP contribution in [-0.2, 0) is 11.3 Å². The Morgan fingerprint density at radius 1 is 1.44 bits per heavy atom. The van der Waals surface area contributed by atoms with Gasteiger partial charge in [0.1, 0.15) is 11.9 Å². The average molecular weight is 252 g/mol. The van der Waals surface area contributed by atoms with Crippen LogP contribution in [-0.4, -0.2) is 39.5 Å². The quantitative estimate of drug-likeness (QED) is 0.647. The van der Waals surface area contributed by atoms with E-state index in [1.165, 1.54) is 12.5 Å². The standard InChI is InChI=1S/C11H16N4O3/c1-7(2)15-10(16)5-12-4-9-8(11(17)18)3-13-6-14-9/h3,6-7,12H,4-5H2,1-2H3,(H,15,16)(H,17,18). The van der Waals surface area contributed by atoms with Gasteiger partial charge < -0.3 is 15.7 Å². The molecule has 0 bridgehead atoms. The van der Waals surface area contributed by atoms with Crippen molar-refractivity contribution >= 4 is 11.9 Å². The summed E-state index contributed by atoms with van der Waals surface area (Å²) in [6.07, 6.45) is 2.51. The van der Waals surface area contributed by atoms with E-state index in [9.17, 15) is 9.59 Å². The fourth-order valence-corrected chi connectivity index (χ4v) is 1.34. The molecule has 18 heavy (non-hydrogen) atoms. The fraction of sp³-hybridized carbons (Fsp3) is 0.455. The molecule has 0 atom stereocenters. The van der Waals surface area contributed by atoms with Crippen molar-refractivity contribution in [3.05, 3.63) is 23.8 Å². The summed E-state index contributed by atoms with van der Waals surface area (Å²) in [5.74, 6) is -1.23. The Labute approximate surface area is 105 Å². The van der Waals surface area contributed by atoms with Crippen molar-refractivity contribution in [1.82, 2.24) is 20.6 Å². The van der Waals surface area contributed by atoms with Crippen LogP contribution in [0.2, 0.25) is 0 Å². The third-order valence-corrected chi connectivity index (χ3v) is 2.05. The molecule has 0 saturated carbocycles. The van der Waals surface area contributed by atoms with Gasteiger partial charge in [0.15, 0.2) is 0 Å². The molecule has 1 rings (SSSR count). The maximum absolute atomic E-state index is 11.3. The van der Waals surface area contributed by atoms with E-state index in [-0.39, 0.29) is 30.6 Å². The monoisotopic (exact) mass is 252 g/mol. The highest BCUT2D eigenvalue weighted by atomic mass is 16.4. The minimum atomic E-state index is -1.08. The maximum Gasteiger partial charge on any atom is 0.339 e. The normalized spacial score (nSPS) is 10.4. The summed E-state index contributed by atoms with van der Waals surface area (Å²) < 4.78 is 0. The predicted octanol–water partition coefficient (Wildman–Crippen LogP) is -0.211. The van der Waals surface area contributed by atoms with Crippen molar-refractivity contribution in [3.8, 4) is 0 Å². The fourth-order valence-electron chi connectivity index (χ4n) is 1.34. The zero-order valence-corrected chi connectivity index (χ0v) is 10.3. The van der Waals surface area contributed by atoms with E-state index in [4.69, 9.17) is 5.11 Å². The van der Waals surface area contributed by atoms with Crippen molar-refractivity contribution in [1.29, 1.82) is 0 Å². The van der Waals surface area contributed by atoms with Crippen LogP contribution in [0.25, 0.3) is 0 Å². The minimum Gasteiger partial charge on any atom is -0.478 e. The van der Waals surface area contributed by atoms with Crippen molar-refractivity contribution in [2.75, 3.05) is 6.54 Å². The Morgan fingerprint density at radius 3 is 2.78 bits per heavy atom. The molecule has 7 heteroatoms. The maximum atomic E-state index is 11.3. The van der Waals surface area contributed by atoms with E-state index in [0.717, 1.165) is 0 Å². The summed E-state index contributed by atoms with van der Waals surface area (Å²) in [6.45, 7) is 4.05. The first kappa shape index (κ1) is 14.0. The summed E-state index contributed by atoms with van der Waals surface area (Å²) >= 11 is 0. The molecule has 0 aliphatic carbocycles. The van der Waals surface area contributed by atoms with Gasteiger partial charge in [0, 0.05) is 18.8 Å². The summed E-state index contributed by atoms with van der Waals surface area (Å²) in [7, 11) is 0. The molecule has 98 valence electrons. The lowest BCUT2D eigenvalue weighted by atomic mass is 10.2. The van der Waals surface area contributed by atoms with Gasteiger partial charge in [-0.25, -0.2) is 14.8 Å². The van der Waals surface area contributed by atoms with Gasteiger partial charge in [-0.1, -0.05) is 0 Å². The predicted molar refractivity (Wildman–Crippen MR) is 64.0 cm³/mol. The molecule has 1 aromatic heterocycles. The molecule has 0 aliphatic heterocycles. The molecule has 0 fully saturated rings. The highest BCUT2D eigenvalue weighted by Gasteiger charge is 2.11. The first-order valence-corrected chi connectivity index (χ1v) is 5.53. The lowest BCUT2D eigenvalue weighted by molar-refractivity contribution is -0.120. The molecule has 3 N–H and O–H groups in total. The number of carbonyl (C=O) groups excluding carboxylic acids is 1. The van der Waals surface area contributed by atoms with Crippen LogP contribution >= 0.6 is 0 Å². The smallest absolute Gasteiger partial charge is 0.339 e. The number of rotatable bonds is 6. The van der Waals surface area contributed by atoms with E-state index in [1.807, 2.05) is 13.8 Å². The van der Waals surface area contributed by atoms with Crippen LogP contribution in [0.3, 0.4) is 0 Å². The van der Waals surface area contributed by atoms with Crippen LogP contribution in [0, 0.1) is 0 Å². The molecule has 0 radical (unpaired) electrons. The molecule has 1 amide bonds. The second kappa shape index (κ2) is 6.65. The molecule has 1 heterocycles. The molecule has 7 nitrogen and oxygen atoms in total. The molecular weight excluding hydrogens is 236 g/mol. The Bertz CT molecular complexity index is 434. The number of carboxylic acid groups (broad SMARTS) is 1. The Balaban J connectivity index is 2.49. The van der Waals surface area contributed by atoms with E-state index < -0.39 is 5.97 Å². The van der Waals surface area contributed by atoms with Crippen molar-refractivity contribution < 1.29 is 14.7 Å². The third kappa shape index (κ3) is 4.46. The average Bonchev–Trinajstić information content (AvgIpc) is 2.28. The van der Waals surface area contributed by atoms with Gasteiger partial charge in [0.2, 0.25) is 5.91 Å². The molecule has 0 aromatic carbocycles. The van der Waals surface area contributed by atoms with Crippen LogP contribution < -0.4 is 10.6 Å². The molecule has 0 aliphatic rings. The second-order valence-corrected chi connectivity index (χ2v) is 4.01. The number of nitrogens with zero attached hydrogens (tertiary/aromatic N) is 2. The largest absolute Gasteiger partial charge is 0.478 e. The zero-order valence-electron chi connectivity index (χ0n) is 10.3. The number of amides is 1. The van der Waals surface area contributed by atoms with E-state index in [1.54, 1.807) is 0 Å². The SMILES string of the molecule is CC(C)NC(=O)CNCc1ncncc1C(=O)O. The van der Waals surface area contributed by atoms with Crippen molar-refractivity contribution in [2.45, 2.75) is 26.4 Å². The first-order chi connectivity index (χ1) is 8.50. The zero-order chi connectivity index (χ0) is 13.5. The van der Waals surface area contributed by atoms with Crippen molar-refractivity contribution in [2.24, 2.45) is 0 Å². The summed E-state index contributed by atoms with van der Waals surface area (Å²) in [5, 5.41) is 14.5. The topological polar surface area (TPSA) is 104 Å². The van der Waals surface area contributed by atoms with Crippen LogP contribution in [0.15, 0.2) is 12.5 Å². The van der Waals surface area contributed by atoms with E-state index >= 15 is 0 Å². The number of nitrogens with one attached hydrogen (secondary N) is 2. The van der Waals surface area contributed by atoms with Gasteiger partial charge in [0.25, 0.3) is 0 Å². The lowest BCUT2D eigenvalue weighted by Gasteiger charge is -2.09. The van der Waals surface area contributed by atoms with E-state index in [0.29, 0.717) is 5.69 Å². The molecule has 0 unspecified atom stereocenters. The number of aromatic nitrogens is 2. The number of hydrogen-bond acceptors (Lipinski definition) is 5. The highest BCUT2D eigenvalue weighted by molar-refractivity contribution is 5.88. The molecular formula is C11H16N4O3. The van der Waals surface area contributed by atoms with Crippen LogP contribution in [0.4, 0.5) is 0 Å². The van der Waals surface area contributed by atoms with Gasteiger partial charge in [-0.3, -0.25) is 4.79 Å². The molecule has 1 aromatic rings. The Kier molecular flexibility index (Phi) is 5.19. The second-order valence-electron chi connectivity index (χ2n) is 4.01.